The number of halogens is 1. The van der Waals surface area contributed by atoms with Crippen molar-refractivity contribution < 1.29 is 17.7 Å². The van der Waals surface area contributed by atoms with Crippen LogP contribution in [0.1, 0.15) is 36.4 Å². The number of aryl methyl sites for hydroxylation is 1. The Hall–Kier alpha value is -2.40. The molecule has 0 aliphatic carbocycles. The fraction of sp³-hybridized carbons (Fsp3) is 0.400. The van der Waals surface area contributed by atoms with Crippen molar-refractivity contribution in [3.63, 3.8) is 0 Å². The molecular weight excluding hydrogens is 411 g/mol. The molecule has 3 rings (SSSR count). The highest BCUT2D eigenvalue weighted by atomic mass is 32.2. The number of nitrogens with one attached hydrogen (secondary N) is 2. The van der Waals surface area contributed by atoms with E-state index in [9.17, 15) is 22.9 Å². The minimum Gasteiger partial charge on any atom is -0.258 e. The third kappa shape index (κ3) is 5.01. The molecule has 1 heterocycles. The van der Waals surface area contributed by atoms with Crippen molar-refractivity contribution in [1.82, 2.24) is 15.2 Å². The first-order chi connectivity index (χ1) is 14.2. The highest BCUT2D eigenvalue weighted by molar-refractivity contribution is 7.89. The van der Waals surface area contributed by atoms with E-state index in [-0.39, 0.29) is 28.5 Å². The average molecular weight is 437 g/mol. The minimum atomic E-state index is -3.81. The molecule has 2 N–H and O–H groups in total. The van der Waals surface area contributed by atoms with E-state index in [0.29, 0.717) is 18.5 Å². The van der Waals surface area contributed by atoms with Gasteiger partial charge in [0.05, 0.1) is 9.82 Å². The second kappa shape index (κ2) is 9.17. The number of benzene rings is 2. The number of nitrogens with zero attached hydrogens (tertiary/aromatic N) is 2. The van der Waals surface area contributed by atoms with Crippen LogP contribution in [0.25, 0.3) is 0 Å². The summed E-state index contributed by atoms with van der Waals surface area (Å²) >= 11 is 0. The molecule has 8 nitrogen and oxygen atoms in total. The molecule has 2 aromatic rings. The van der Waals surface area contributed by atoms with Gasteiger partial charge in [0.1, 0.15) is 5.82 Å². The third-order valence-electron chi connectivity index (χ3n) is 5.37. The number of nitro benzene ring substituents is 1. The molecule has 162 valence electrons. The van der Waals surface area contributed by atoms with Crippen LogP contribution in [-0.4, -0.2) is 37.3 Å². The van der Waals surface area contributed by atoms with Crippen molar-refractivity contribution in [2.45, 2.75) is 43.2 Å². The summed E-state index contributed by atoms with van der Waals surface area (Å²) in [6, 6.07) is 10.5. The fourth-order valence-electron chi connectivity index (χ4n) is 3.53. The summed E-state index contributed by atoms with van der Waals surface area (Å²) in [5.41, 5.74) is 7.59. The molecule has 0 aromatic heterocycles. The van der Waals surface area contributed by atoms with E-state index in [1.54, 1.807) is 19.1 Å². The van der Waals surface area contributed by atoms with E-state index < -0.39 is 14.9 Å². The highest BCUT2D eigenvalue weighted by Gasteiger charge is 2.27. The maximum absolute atomic E-state index is 13.1. The van der Waals surface area contributed by atoms with Crippen LogP contribution in [0, 0.1) is 22.9 Å². The molecule has 0 radical (unpaired) electrons. The highest BCUT2D eigenvalue weighted by Crippen LogP contribution is 2.26. The molecule has 1 aliphatic rings. The molecule has 1 fully saturated rings. The van der Waals surface area contributed by atoms with E-state index in [1.165, 1.54) is 35.6 Å². The first-order valence-corrected chi connectivity index (χ1v) is 11.1. The Kier molecular flexibility index (Phi) is 6.81. The van der Waals surface area contributed by atoms with Crippen molar-refractivity contribution in [2.24, 2.45) is 0 Å². The number of nitro groups is 1. The summed E-state index contributed by atoms with van der Waals surface area (Å²) in [6.07, 6.45) is 2.18. The van der Waals surface area contributed by atoms with Crippen LogP contribution in [0.15, 0.2) is 47.4 Å². The standard InChI is InChI=1S/C20H25FN4O4S/c1-14-5-10-18(13-20(14)25(26)27)30(28,29)24(2)11-3-4-17-12-19(23-22-17)15-6-8-16(21)9-7-15/h5-10,13,17,19,22-23H,3-4,11-12H2,1-2H3. The monoisotopic (exact) mass is 436 g/mol. The van der Waals surface area contributed by atoms with Gasteiger partial charge in [0, 0.05) is 37.3 Å². The maximum Gasteiger partial charge on any atom is 0.273 e. The quantitative estimate of drug-likeness (QED) is 0.487. The molecule has 0 amide bonds. The van der Waals surface area contributed by atoms with Crippen LogP contribution in [-0.2, 0) is 10.0 Å². The van der Waals surface area contributed by atoms with Crippen LogP contribution in [0.2, 0.25) is 0 Å². The largest absolute Gasteiger partial charge is 0.273 e. The Bertz CT molecular complexity index is 1010. The molecule has 0 spiro atoms. The lowest BCUT2D eigenvalue weighted by Gasteiger charge is -2.18. The molecule has 2 atom stereocenters. The van der Waals surface area contributed by atoms with E-state index in [4.69, 9.17) is 0 Å². The Morgan fingerprint density at radius 2 is 1.90 bits per heavy atom. The van der Waals surface area contributed by atoms with E-state index in [0.717, 1.165) is 24.5 Å². The Morgan fingerprint density at radius 3 is 2.57 bits per heavy atom. The van der Waals surface area contributed by atoms with Gasteiger partial charge >= 0.3 is 0 Å². The smallest absolute Gasteiger partial charge is 0.258 e. The summed E-state index contributed by atoms with van der Waals surface area (Å²) in [7, 11) is -2.33. The van der Waals surface area contributed by atoms with Crippen molar-refractivity contribution >= 4 is 15.7 Å². The summed E-state index contributed by atoms with van der Waals surface area (Å²) in [5, 5.41) is 11.1. The number of hydrazine groups is 1. The van der Waals surface area contributed by atoms with Crippen molar-refractivity contribution in [3.05, 3.63) is 69.5 Å². The number of hydrogen-bond donors (Lipinski definition) is 2. The van der Waals surface area contributed by atoms with Gasteiger partial charge in [-0.15, -0.1) is 0 Å². The van der Waals surface area contributed by atoms with Crippen LogP contribution < -0.4 is 10.9 Å². The van der Waals surface area contributed by atoms with E-state index in [2.05, 4.69) is 10.9 Å². The normalized spacial score (nSPS) is 19.3. The molecule has 1 saturated heterocycles. The number of hydrogen-bond acceptors (Lipinski definition) is 6. The fourth-order valence-corrected chi connectivity index (χ4v) is 4.76. The molecule has 2 aromatic carbocycles. The van der Waals surface area contributed by atoms with Gasteiger partial charge in [-0.25, -0.2) is 17.1 Å². The predicted octanol–water partition coefficient (Wildman–Crippen LogP) is 3.05. The molecule has 0 saturated carbocycles. The Balaban J connectivity index is 1.54. The number of sulfonamides is 1. The zero-order chi connectivity index (χ0) is 21.9. The van der Waals surface area contributed by atoms with Gasteiger partial charge in [-0.05, 0) is 49.9 Å². The molecule has 2 unspecified atom stereocenters. The summed E-state index contributed by atoms with van der Waals surface area (Å²) in [4.78, 5) is 10.4. The van der Waals surface area contributed by atoms with Crippen LogP contribution >= 0.6 is 0 Å². The second-order valence-corrected chi connectivity index (χ2v) is 9.54. The van der Waals surface area contributed by atoms with Gasteiger partial charge in [-0.2, -0.15) is 0 Å². The van der Waals surface area contributed by atoms with Crippen LogP contribution in [0.4, 0.5) is 10.1 Å². The van der Waals surface area contributed by atoms with Gasteiger partial charge in [-0.1, -0.05) is 18.2 Å². The summed E-state index contributed by atoms with van der Waals surface area (Å²) in [5.74, 6) is -0.274. The van der Waals surface area contributed by atoms with E-state index >= 15 is 0 Å². The maximum atomic E-state index is 13.1. The molecule has 0 bridgehead atoms. The minimum absolute atomic E-state index is 0.0742. The zero-order valence-corrected chi connectivity index (χ0v) is 17.7. The van der Waals surface area contributed by atoms with Crippen LogP contribution in [0.3, 0.4) is 0 Å². The van der Waals surface area contributed by atoms with Crippen molar-refractivity contribution in [1.29, 1.82) is 0 Å². The van der Waals surface area contributed by atoms with Gasteiger partial charge in [0.15, 0.2) is 0 Å². The Morgan fingerprint density at radius 1 is 1.20 bits per heavy atom. The lowest BCUT2D eigenvalue weighted by Crippen LogP contribution is -2.32. The first-order valence-electron chi connectivity index (χ1n) is 9.66. The van der Waals surface area contributed by atoms with Gasteiger partial charge < -0.3 is 0 Å². The topological polar surface area (TPSA) is 105 Å². The summed E-state index contributed by atoms with van der Waals surface area (Å²) < 4.78 is 39.8. The number of rotatable bonds is 8. The van der Waals surface area contributed by atoms with Gasteiger partial charge in [0.25, 0.3) is 5.69 Å². The van der Waals surface area contributed by atoms with Gasteiger partial charge in [-0.3, -0.25) is 21.0 Å². The SMILES string of the molecule is Cc1ccc(S(=O)(=O)N(C)CCCC2CC(c3ccc(F)cc3)NN2)cc1[N+](=O)[O-]. The molecule has 10 heteroatoms. The van der Waals surface area contributed by atoms with E-state index in [1.807, 2.05) is 0 Å². The summed E-state index contributed by atoms with van der Waals surface area (Å²) in [6.45, 7) is 1.86. The third-order valence-corrected chi connectivity index (χ3v) is 7.22. The molecule has 30 heavy (non-hydrogen) atoms. The molecular formula is C20H25FN4O4S. The van der Waals surface area contributed by atoms with Crippen molar-refractivity contribution in [3.8, 4) is 0 Å². The lowest BCUT2D eigenvalue weighted by atomic mass is 10.00. The van der Waals surface area contributed by atoms with Crippen molar-refractivity contribution in [2.75, 3.05) is 13.6 Å². The Labute approximate surface area is 175 Å². The second-order valence-electron chi connectivity index (χ2n) is 7.50. The van der Waals surface area contributed by atoms with Crippen LogP contribution in [0.5, 0.6) is 0 Å². The predicted molar refractivity (Wildman–Crippen MR) is 111 cm³/mol. The zero-order valence-electron chi connectivity index (χ0n) is 16.8. The van der Waals surface area contributed by atoms with Gasteiger partial charge in [0.2, 0.25) is 10.0 Å². The average Bonchev–Trinajstić information content (AvgIpc) is 3.17. The molecule has 1 aliphatic heterocycles. The first kappa shape index (κ1) is 22.3. The lowest BCUT2D eigenvalue weighted by molar-refractivity contribution is -0.385.